The topological polar surface area (TPSA) is 96.5 Å². The number of rotatable bonds is 6. The maximum atomic E-state index is 12.5. The number of aliphatic carboxylic acids is 1. The molecule has 0 atom stereocenters. The molecule has 0 radical (unpaired) electrons. The van der Waals surface area contributed by atoms with E-state index in [0.29, 0.717) is 23.5 Å². The number of benzene rings is 1. The van der Waals surface area contributed by atoms with E-state index in [0.717, 1.165) is 0 Å². The number of carbonyl (C=O) groups excluding carboxylic acids is 1. The molecular weight excluding hydrogens is 282 g/mol. The highest BCUT2D eigenvalue weighted by Gasteiger charge is 2.18. The van der Waals surface area contributed by atoms with Crippen LogP contribution in [-0.4, -0.2) is 22.0 Å². The molecule has 2 aromatic rings. The van der Waals surface area contributed by atoms with Crippen molar-refractivity contribution >= 4 is 28.9 Å². The summed E-state index contributed by atoms with van der Waals surface area (Å²) < 4.78 is 0. The molecular formula is C16H17N3O3. The number of hydrogen-bond donors (Lipinski definition) is 2. The van der Waals surface area contributed by atoms with E-state index in [-0.39, 0.29) is 18.7 Å². The van der Waals surface area contributed by atoms with Crippen molar-refractivity contribution in [1.82, 2.24) is 4.98 Å². The molecule has 114 valence electrons. The third-order valence-corrected chi connectivity index (χ3v) is 3.09. The average Bonchev–Trinajstić information content (AvgIpc) is 2.50. The molecule has 0 aliphatic rings. The zero-order valence-corrected chi connectivity index (χ0v) is 12.0. The molecule has 0 unspecified atom stereocenters. The highest BCUT2D eigenvalue weighted by atomic mass is 16.4. The van der Waals surface area contributed by atoms with Gasteiger partial charge in [0.1, 0.15) is 0 Å². The summed E-state index contributed by atoms with van der Waals surface area (Å²) in [7, 11) is 0. The monoisotopic (exact) mass is 299 g/mol. The Morgan fingerprint density at radius 3 is 2.41 bits per heavy atom. The lowest BCUT2D eigenvalue weighted by Gasteiger charge is -2.22. The van der Waals surface area contributed by atoms with Crippen molar-refractivity contribution in [3.05, 3.63) is 48.8 Å². The fraction of sp³-hybridized carbons (Fsp3) is 0.188. The van der Waals surface area contributed by atoms with Gasteiger partial charge in [-0.3, -0.25) is 19.5 Å². The quantitative estimate of drug-likeness (QED) is 0.799. The number of carboxylic acids is 1. The summed E-state index contributed by atoms with van der Waals surface area (Å²) >= 11 is 0. The Morgan fingerprint density at radius 2 is 1.82 bits per heavy atom. The summed E-state index contributed by atoms with van der Waals surface area (Å²) in [5.41, 5.74) is 7.58. The molecule has 0 aliphatic carbocycles. The van der Waals surface area contributed by atoms with Gasteiger partial charge in [0.2, 0.25) is 5.91 Å². The molecule has 0 spiro atoms. The standard InChI is InChI=1S/C16H17N3O3/c17-12-6-8-13(9-7-12)19(14-3-2-10-18-11-14)15(20)4-1-5-16(21)22/h2-3,6-11H,1,4-5,17H2,(H,21,22). The first-order valence-electron chi connectivity index (χ1n) is 6.88. The largest absolute Gasteiger partial charge is 0.481 e. The second-order valence-electron chi connectivity index (χ2n) is 4.78. The Balaban J connectivity index is 2.24. The minimum absolute atomic E-state index is 0.0334. The van der Waals surface area contributed by atoms with E-state index in [1.165, 1.54) is 4.90 Å². The number of nitrogen functional groups attached to an aromatic ring is 1. The molecule has 1 aromatic carbocycles. The van der Waals surface area contributed by atoms with Gasteiger partial charge in [-0.15, -0.1) is 0 Å². The number of nitrogens with zero attached hydrogens (tertiary/aromatic N) is 2. The van der Waals surface area contributed by atoms with Gasteiger partial charge in [0.15, 0.2) is 0 Å². The van der Waals surface area contributed by atoms with Gasteiger partial charge in [0.05, 0.1) is 11.9 Å². The van der Waals surface area contributed by atoms with E-state index in [1.54, 1.807) is 48.8 Å². The smallest absolute Gasteiger partial charge is 0.303 e. The first-order chi connectivity index (χ1) is 10.6. The van der Waals surface area contributed by atoms with Crippen molar-refractivity contribution in [2.45, 2.75) is 19.3 Å². The fourth-order valence-corrected chi connectivity index (χ4v) is 2.05. The minimum Gasteiger partial charge on any atom is -0.481 e. The second-order valence-corrected chi connectivity index (χ2v) is 4.78. The Morgan fingerprint density at radius 1 is 1.09 bits per heavy atom. The molecule has 0 aliphatic heterocycles. The molecule has 2 rings (SSSR count). The van der Waals surface area contributed by atoms with Crippen LogP contribution in [0.25, 0.3) is 0 Å². The van der Waals surface area contributed by atoms with Crippen LogP contribution in [0.15, 0.2) is 48.8 Å². The lowest BCUT2D eigenvalue weighted by Crippen LogP contribution is -2.25. The van der Waals surface area contributed by atoms with Crippen LogP contribution in [-0.2, 0) is 9.59 Å². The van der Waals surface area contributed by atoms with E-state index in [2.05, 4.69) is 4.98 Å². The molecule has 1 aromatic heterocycles. The number of anilines is 3. The normalized spacial score (nSPS) is 10.2. The van der Waals surface area contributed by atoms with Crippen LogP contribution in [0.5, 0.6) is 0 Å². The van der Waals surface area contributed by atoms with E-state index in [4.69, 9.17) is 10.8 Å². The Kier molecular flexibility index (Phi) is 5.08. The number of hydrogen-bond acceptors (Lipinski definition) is 4. The second kappa shape index (κ2) is 7.21. The number of carbonyl (C=O) groups is 2. The zero-order chi connectivity index (χ0) is 15.9. The van der Waals surface area contributed by atoms with Crippen molar-refractivity contribution in [2.75, 3.05) is 10.6 Å². The molecule has 3 N–H and O–H groups in total. The molecule has 0 saturated carbocycles. The van der Waals surface area contributed by atoms with Gasteiger partial charge in [-0.1, -0.05) is 0 Å². The van der Waals surface area contributed by atoms with Gasteiger partial charge in [-0.05, 0) is 42.8 Å². The maximum absolute atomic E-state index is 12.5. The SMILES string of the molecule is Nc1ccc(N(C(=O)CCCC(=O)O)c2cccnc2)cc1. The van der Waals surface area contributed by atoms with Gasteiger partial charge in [-0.2, -0.15) is 0 Å². The predicted molar refractivity (Wildman–Crippen MR) is 83.7 cm³/mol. The Bertz CT molecular complexity index is 641. The maximum Gasteiger partial charge on any atom is 0.303 e. The number of nitrogens with two attached hydrogens (primary N) is 1. The van der Waals surface area contributed by atoms with Crippen LogP contribution in [0.1, 0.15) is 19.3 Å². The number of pyridine rings is 1. The number of aromatic nitrogens is 1. The van der Waals surface area contributed by atoms with E-state index in [1.807, 2.05) is 0 Å². The molecule has 0 fully saturated rings. The van der Waals surface area contributed by atoms with Gasteiger partial charge < -0.3 is 10.8 Å². The lowest BCUT2D eigenvalue weighted by molar-refractivity contribution is -0.137. The van der Waals surface area contributed by atoms with Gasteiger partial charge >= 0.3 is 5.97 Å². The summed E-state index contributed by atoms with van der Waals surface area (Å²) in [5.74, 6) is -1.09. The molecule has 0 saturated heterocycles. The van der Waals surface area contributed by atoms with Crippen LogP contribution in [0.3, 0.4) is 0 Å². The summed E-state index contributed by atoms with van der Waals surface area (Å²) in [4.78, 5) is 28.6. The van der Waals surface area contributed by atoms with Crippen LogP contribution in [0, 0.1) is 0 Å². The van der Waals surface area contributed by atoms with Gasteiger partial charge in [0.25, 0.3) is 0 Å². The van der Waals surface area contributed by atoms with Crippen LogP contribution < -0.4 is 10.6 Å². The molecule has 0 bridgehead atoms. The van der Waals surface area contributed by atoms with E-state index in [9.17, 15) is 9.59 Å². The third kappa shape index (κ3) is 4.05. The third-order valence-electron chi connectivity index (χ3n) is 3.09. The summed E-state index contributed by atoms with van der Waals surface area (Å²) in [6.45, 7) is 0. The van der Waals surface area contributed by atoms with Gasteiger partial charge in [-0.25, -0.2) is 0 Å². The number of amides is 1. The summed E-state index contributed by atoms with van der Waals surface area (Å²) in [6.07, 6.45) is 3.62. The predicted octanol–water partition coefficient (Wildman–Crippen LogP) is 2.58. The average molecular weight is 299 g/mol. The van der Waals surface area contributed by atoms with Crippen LogP contribution in [0.2, 0.25) is 0 Å². The van der Waals surface area contributed by atoms with Crippen molar-refractivity contribution in [3.63, 3.8) is 0 Å². The van der Waals surface area contributed by atoms with Crippen LogP contribution in [0.4, 0.5) is 17.1 Å². The Labute approximate surface area is 128 Å². The lowest BCUT2D eigenvalue weighted by atomic mass is 10.2. The zero-order valence-electron chi connectivity index (χ0n) is 12.0. The molecule has 6 heteroatoms. The highest BCUT2D eigenvalue weighted by molar-refractivity contribution is 6.00. The molecule has 1 heterocycles. The minimum atomic E-state index is -0.909. The summed E-state index contributed by atoms with van der Waals surface area (Å²) in [5, 5.41) is 8.68. The molecule has 6 nitrogen and oxygen atoms in total. The van der Waals surface area contributed by atoms with E-state index >= 15 is 0 Å². The molecule has 1 amide bonds. The van der Waals surface area contributed by atoms with Crippen molar-refractivity contribution in [3.8, 4) is 0 Å². The van der Waals surface area contributed by atoms with Gasteiger partial charge in [0, 0.05) is 30.4 Å². The van der Waals surface area contributed by atoms with Crippen molar-refractivity contribution in [1.29, 1.82) is 0 Å². The molecule has 22 heavy (non-hydrogen) atoms. The van der Waals surface area contributed by atoms with Crippen LogP contribution >= 0.6 is 0 Å². The van der Waals surface area contributed by atoms with Crippen molar-refractivity contribution < 1.29 is 14.7 Å². The first-order valence-corrected chi connectivity index (χ1v) is 6.88. The van der Waals surface area contributed by atoms with Crippen molar-refractivity contribution in [2.24, 2.45) is 0 Å². The highest BCUT2D eigenvalue weighted by Crippen LogP contribution is 2.26. The number of carboxylic acid groups (broad SMARTS) is 1. The fourth-order valence-electron chi connectivity index (χ4n) is 2.05. The first kappa shape index (κ1) is 15.5. The van der Waals surface area contributed by atoms with E-state index < -0.39 is 5.97 Å². The Hall–Kier alpha value is -2.89. The summed E-state index contributed by atoms with van der Waals surface area (Å²) in [6, 6.07) is 10.4.